The van der Waals surface area contributed by atoms with Crippen molar-refractivity contribution in [2.24, 2.45) is 7.05 Å². The summed E-state index contributed by atoms with van der Waals surface area (Å²) in [7, 11) is 1.89. The van der Waals surface area contributed by atoms with Crippen LogP contribution in [0.2, 0.25) is 0 Å². The molecule has 0 radical (unpaired) electrons. The summed E-state index contributed by atoms with van der Waals surface area (Å²) in [4.78, 5) is 14.6. The van der Waals surface area contributed by atoms with Crippen LogP contribution >= 0.6 is 0 Å². The lowest BCUT2D eigenvalue weighted by molar-refractivity contribution is -0.120. The van der Waals surface area contributed by atoms with Crippen LogP contribution in [0.25, 0.3) is 0 Å². The molecule has 1 amide bonds. The number of aromatic nitrogens is 2. The summed E-state index contributed by atoms with van der Waals surface area (Å²) in [5.41, 5.74) is 3.39. The van der Waals surface area contributed by atoms with Gasteiger partial charge in [0.05, 0.1) is 12.2 Å². The standard InChI is InChI=1S/C17H22N4O/c1-12(15-10-18-20(3)11-15)19-13(2)17(22)21-9-8-14-6-4-5-7-16(14)21/h4-7,10-13,19H,8-9H2,1-3H3. The van der Waals surface area contributed by atoms with E-state index in [0.717, 1.165) is 24.2 Å². The highest BCUT2D eigenvalue weighted by Crippen LogP contribution is 2.28. The van der Waals surface area contributed by atoms with Crippen LogP contribution in [-0.4, -0.2) is 28.3 Å². The first-order valence-corrected chi connectivity index (χ1v) is 7.70. The van der Waals surface area contributed by atoms with Crippen molar-refractivity contribution in [3.8, 4) is 0 Å². The molecule has 2 aromatic rings. The van der Waals surface area contributed by atoms with E-state index in [9.17, 15) is 4.79 Å². The van der Waals surface area contributed by atoms with Crippen LogP contribution < -0.4 is 10.2 Å². The third-order valence-corrected chi connectivity index (χ3v) is 4.25. The largest absolute Gasteiger partial charge is 0.310 e. The van der Waals surface area contributed by atoms with E-state index in [1.165, 1.54) is 5.56 Å². The fourth-order valence-electron chi connectivity index (χ4n) is 3.01. The maximum atomic E-state index is 12.7. The molecule has 1 aromatic heterocycles. The highest BCUT2D eigenvalue weighted by atomic mass is 16.2. The van der Waals surface area contributed by atoms with Crippen molar-refractivity contribution < 1.29 is 4.79 Å². The Hall–Kier alpha value is -2.14. The number of rotatable bonds is 4. The van der Waals surface area contributed by atoms with Gasteiger partial charge in [0.1, 0.15) is 0 Å². The third kappa shape index (κ3) is 2.76. The molecular formula is C17H22N4O. The number of hydrogen-bond donors (Lipinski definition) is 1. The average Bonchev–Trinajstić information content (AvgIpc) is 3.12. The van der Waals surface area contributed by atoms with Gasteiger partial charge in [-0.05, 0) is 31.9 Å². The Morgan fingerprint density at radius 3 is 2.82 bits per heavy atom. The van der Waals surface area contributed by atoms with Crippen LogP contribution in [0.15, 0.2) is 36.7 Å². The first-order valence-electron chi connectivity index (χ1n) is 7.70. The Morgan fingerprint density at radius 1 is 1.32 bits per heavy atom. The lowest BCUT2D eigenvalue weighted by atomic mass is 10.1. The maximum absolute atomic E-state index is 12.7. The van der Waals surface area contributed by atoms with Crippen molar-refractivity contribution in [2.45, 2.75) is 32.4 Å². The topological polar surface area (TPSA) is 50.2 Å². The van der Waals surface area contributed by atoms with Gasteiger partial charge in [0.2, 0.25) is 5.91 Å². The van der Waals surface area contributed by atoms with Gasteiger partial charge in [0.25, 0.3) is 0 Å². The zero-order chi connectivity index (χ0) is 15.7. The molecule has 1 aromatic carbocycles. The van der Waals surface area contributed by atoms with E-state index < -0.39 is 0 Å². The van der Waals surface area contributed by atoms with Gasteiger partial charge >= 0.3 is 0 Å². The number of aryl methyl sites for hydroxylation is 1. The maximum Gasteiger partial charge on any atom is 0.243 e. The van der Waals surface area contributed by atoms with Crippen LogP contribution in [0, 0.1) is 0 Å². The second kappa shape index (κ2) is 5.93. The Balaban J connectivity index is 1.68. The number of para-hydroxylation sites is 1. The third-order valence-electron chi connectivity index (χ3n) is 4.25. The molecule has 3 rings (SSSR count). The molecule has 0 bridgehead atoms. The number of hydrogen-bond acceptors (Lipinski definition) is 3. The van der Waals surface area contributed by atoms with Gasteiger partial charge < -0.3 is 4.90 Å². The fraction of sp³-hybridized carbons (Fsp3) is 0.412. The van der Waals surface area contributed by atoms with E-state index in [1.807, 2.05) is 49.5 Å². The van der Waals surface area contributed by atoms with E-state index >= 15 is 0 Å². The summed E-state index contributed by atoms with van der Waals surface area (Å²) >= 11 is 0. The lowest BCUT2D eigenvalue weighted by Gasteiger charge is -2.24. The molecule has 5 nitrogen and oxygen atoms in total. The zero-order valence-electron chi connectivity index (χ0n) is 13.3. The van der Waals surface area contributed by atoms with Crippen molar-refractivity contribution in [3.63, 3.8) is 0 Å². The number of fused-ring (bicyclic) bond motifs is 1. The number of nitrogens with one attached hydrogen (secondary N) is 1. The minimum atomic E-state index is -0.235. The van der Waals surface area contributed by atoms with Crippen LogP contribution in [0.3, 0.4) is 0 Å². The normalized spacial score (nSPS) is 16.4. The van der Waals surface area contributed by atoms with Gasteiger partial charge in [0, 0.05) is 37.1 Å². The average molecular weight is 298 g/mol. The molecule has 22 heavy (non-hydrogen) atoms. The van der Waals surface area contributed by atoms with Gasteiger partial charge in [-0.25, -0.2) is 0 Å². The summed E-state index contributed by atoms with van der Waals surface area (Å²) < 4.78 is 1.77. The minimum Gasteiger partial charge on any atom is -0.310 e. The Bertz CT molecular complexity index is 679. The molecule has 116 valence electrons. The van der Waals surface area contributed by atoms with Crippen LogP contribution in [0.1, 0.15) is 31.0 Å². The minimum absolute atomic E-state index is 0.0884. The van der Waals surface area contributed by atoms with Crippen LogP contribution in [0.5, 0.6) is 0 Å². The van der Waals surface area contributed by atoms with Crippen LogP contribution in [0.4, 0.5) is 5.69 Å². The Kier molecular flexibility index (Phi) is 3.98. The zero-order valence-corrected chi connectivity index (χ0v) is 13.3. The second-order valence-corrected chi connectivity index (χ2v) is 5.93. The Labute approximate surface area is 130 Å². The van der Waals surface area contributed by atoms with Gasteiger partial charge in [-0.3, -0.25) is 14.8 Å². The molecule has 2 unspecified atom stereocenters. The monoisotopic (exact) mass is 298 g/mol. The summed E-state index contributed by atoms with van der Waals surface area (Å²) in [6.07, 6.45) is 4.74. The molecule has 2 heterocycles. The van der Waals surface area contributed by atoms with Crippen molar-refractivity contribution >= 4 is 11.6 Å². The Morgan fingerprint density at radius 2 is 2.09 bits per heavy atom. The van der Waals surface area contributed by atoms with Gasteiger partial charge in [-0.15, -0.1) is 0 Å². The molecule has 0 saturated carbocycles. The molecule has 1 aliphatic heterocycles. The number of carbonyl (C=O) groups excluding carboxylic acids is 1. The highest BCUT2D eigenvalue weighted by molar-refractivity contribution is 5.98. The smallest absolute Gasteiger partial charge is 0.243 e. The molecule has 1 N–H and O–H groups in total. The van der Waals surface area contributed by atoms with E-state index in [1.54, 1.807) is 4.68 Å². The molecule has 2 atom stereocenters. The molecular weight excluding hydrogens is 276 g/mol. The van der Waals surface area contributed by atoms with Crippen LogP contribution in [-0.2, 0) is 18.3 Å². The fourth-order valence-corrected chi connectivity index (χ4v) is 3.01. The van der Waals surface area contributed by atoms with E-state index in [0.29, 0.717) is 0 Å². The predicted molar refractivity (Wildman–Crippen MR) is 86.7 cm³/mol. The van der Waals surface area contributed by atoms with E-state index in [-0.39, 0.29) is 18.0 Å². The van der Waals surface area contributed by atoms with E-state index in [2.05, 4.69) is 23.4 Å². The first kappa shape index (κ1) is 14.8. The van der Waals surface area contributed by atoms with Crippen molar-refractivity contribution in [1.29, 1.82) is 0 Å². The summed E-state index contributed by atoms with van der Waals surface area (Å²) in [5.74, 6) is 0.126. The molecule has 0 aliphatic carbocycles. The molecule has 5 heteroatoms. The number of amides is 1. The predicted octanol–water partition coefficient (Wildman–Crippen LogP) is 2.05. The van der Waals surface area contributed by atoms with Crippen molar-refractivity contribution in [1.82, 2.24) is 15.1 Å². The summed E-state index contributed by atoms with van der Waals surface area (Å²) in [6.45, 7) is 4.75. The molecule has 0 fully saturated rings. The number of anilines is 1. The summed E-state index contributed by atoms with van der Waals surface area (Å²) in [5, 5.41) is 7.55. The molecule has 0 saturated heterocycles. The van der Waals surface area contributed by atoms with Gasteiger partial charge in [0.15, 0.2) is 0 Å². The molecule has 1 aliphatic rings. The van der Waals surface area contributed by atoms with Crippen molar-refractivity contribution in [2.75, 3.05) is 11.4 Å². The quantitative estimate of drug-likeness (QED) is 0.940. The van der Waals surface area contributed by atoms with Gasteiger partial charge in [-0.2, -0.15) is 5.10 Å². The lowest BCUT2D eigenvalue weighted by Crippen LogP contribution is -2.45. The van der Waals surface area contributed by atoms with Crippen molar-refractivity contribution in [3.05, 3.63) is 47.8 Å². The second-order valence-electron chi connectivity index (χ2n) is 5.93. The summed E-state index contributed by atoms with van der Waals surface area (Å²) in [6, 6.07) is 7.99. The van der Waals surface area contributed by atoms with Gasteiger partial charge in [-0.1, -0.05) is 18.2 Å². The van der Waals surface area contributed by atoms with E-state index in [4.69, 9.17) is 0 Å². The number of carbonyl (C=O) groups is 1. The highest BCUT2D eigenvalue weighted by Gasteiger charge is 2.28. The number of benzene rings is 1. The number of nitrogens with zero attached hydrogens (tertiary/aromatic N) is 3. The molecule has 0 spiro atoms. The first-order chi connectivity index (χ1) is 10.6. The SMILES string of the molecule is CC(NC(C)c1cnn(C)c1)C(=O)N1CCc2ccccc21.